The fourth-order valence-corrected chi connectivity index (χ4v) is 2.09. The van der Waals surface area contributed by atoms with Crippen LogP contribution in [0, 0.1) is 6.92 Å². The molecule has 2 N–H and O–H groups in total. The fraction of sp³-hybridized carbons (Fsp3) is 0.538. The molecule has 0 aromatic carbocycles. The molecule has 0 radical (unpaired) electrons. The second-order valence-electron chi connectivity index (χ2n) is 4.60. The predicted octanol–water partition coefficient (Wildman–Crippen LogP) is 0.460. The van der Waals surface area contributed by atoms with Crippen LogP contribution in [0.1, 0.15) is 32.4 Å². The van der Waals surface area contributed by atoms with Gasteiger partial charge in [-0.05, 0) is 19.7 Å². The van der Waals surface area contributed by atoms with E-state index < -0.39 is 36.1 Å². The van der Waals surface area contributed by atoms with E-state index in [1.165, 1.54) is 10.8 Å². The summed E-state index contributed by atoms with van der Waals surface area (Å²) in [7, 11) is 0. The van der Waals surface area contributed by atoms with Gasteiger partial charge in [0.05, 0.1) is 12.2 Å². The van der Waals surface area contributed by atoms with Gasteiger partial charge in [-0.15, -0.1) is 6.58 Å². The van der Waals surface area contributed by atoms with Crippen molar-refractivity contribution in [1.82, 2.24) is 9.55 Å². The molecule has 1 aliphatic heterocycles. The van der Waals surface area contributed by atoms with E-state index in [9.17, 15) is 14.7 Å². The van der Waals surface area contributed by atoms with Crippen LogP contribution in [0.2, 0.25) is 0 Å². The second kappa shape index (κ2) is 5.54. The number of rotatable bonds is 4. The van der Waals surface area contributed by atoms with Gasteiger partial charge in [0, 0.05) is 19.6 Å². The number of aryl methyl sites for hydroxylation is 1. The number of hydrogen-bond acceptors (Lipinski definition) is 4. The van der Waals surface area contributed by atoms with Gasteiger partial charge in [-0.1, -0.05) is 6.08 Å². The lowest BCUT2D eigenvalue weighted by atomic mass is 10.1. The molecular weight excluding hydrogens is 248 g/mol. The van der Waals surface area contributed by atoms with E-state index in [0.717, 1.165) is 0 Å². The summed E-state index contributed by atoms with van der Waals surface area (Å²) in [6, 6.07) is 0. The number of nitrogens with one attached hydrogen (secondary N) is 1. The van der Waals surface area contributed by atoms with Gasteiger partial charge in [0.25, 0.3) is 5.56 Å². The van der Waals surface area contributed by atoms with E-state index in [-0.39, 0.29) is 6.42 Å². The van der Waals surface area contributed by atoms with Gasteiger partial charge in [0.2, 0.25) is 0 Å². The molecule has 0 unspecified atom stereocenters. The molecule has 2 heterocycles. The molecule has 0 spiro atoms. The van der Waals surface area contributed by atoms with E-state index in [2.05, 4.69) is 11.6 Å². The highest BCUT2D eigenvalue weighted by molar-refractivity contribution is 5.02. The van der Waals surface area contributed by atoms with Crippen LogP contribution in [0.3, 0.4) is 0 Å². The molecular formula is C13H18N2O4. The van der Waals surface area contributed by atoms with E-state index >= 15 is 0 Å². The molecule has 6 heteroatoms. The van der Waals surface area contributed by atoms with Crippen molar-refractivity contribution in [2.75, 3.05) is 0 Å². The first-order chi connectivity index (χ1) is 9.43. The van der Waals surface area contributed by atoms with Crippen molar-refractivity contribution >= 4 is 0 Å². The highest BCUT2D eigenvalue weighted by Gasteiger charge is 2.34. The van der Waals surface area contributed by atoms with Crippen molar-refractivity contribution in [1.29, 1.82) is 0 Å². The average Bonchev–Trinajstić information content (AvgIpc) is 2.76. The maximum atomic E-state index is 11.8. The number of aliphatic hydroxyl groups is 1. The first kappa shape index (κ1) is 12.4. The molecule has 6 nitrogen and oxygen atoms in total. The molecule has 1 aromatic rings. The van der Waals surface area contributed by atoms with E-state index in [4.69, 9.17) is 6.11 Å². The molecule has 1 fully saturated rings. The summed E-state index contributed by atoms with van der Waals surface area (Å²) in [5.41, 5.74) is -0.630. The van der Waals surface area contributed by atoms with Gasteiger partial charge in [-0.25, -0.2) is 4.79 Å². The Morgan fingerprint density at radius 1 is 1.74 bits per heavy atom. The summed E-state index contributed by atoms with van der Waals surface area (Å²) >= 11 is 0. The summed E-state index contributed by atoms with van der Waals surface area (Å²) in [4.78, 5) is 25.3. The van der Waals surface area contributed by atoms with Gasteiger partial charge in [-0.3, -0.25) is 14.3 Å². The molecule has 19 heavy (non-hydrogen) atoms. The number of aliphatic hydroxyl groups excluding tert-OH is 1. The Balaban J connectivity index is 2.24. The van der Waals surface area contributed by atoms with E-state index in [0.29, 0.717) is 12.0 Å². The van der Waals surface area contributed by atoms with Crippen molar-refractivity contribution < 1.29 is 11.2 Å². The van der Waals surface area contributed by atoms with Gasteiger partial charge < -0.3 is 9.84 Å². The zero-order valence-corrected chi connectivity index (χ0v) is 10.7. The van der Waals surface area contributed by atoms with Crippen molar-refractivity contribution in [3.05, 3.63) is 45.3 Å². The Bertz CT molecular complexity index is 609. The summed E-state index contributed by atoms with van der Waals surface area (Å²) in [6.07, 6.45) is 0.822. The molecule has 1 aromatic heterocycles. The number of aromatic nitrogens is 2. The maximum absolute atomic E-state index is 11.8. The number of H-pyrrole nitrogens is 1. The average molecular weight is 267 g/mol. The number of allylic oxidation sites excluding steroid dienone is 1. The molecule has 0 aliphatic carbocycles. The standard InChI is InChI=1S/C13H18N2O4/c1-3-4-5-10-9(16)6-11(19-10)15-7-8(2)12(17)14-13(15)18/h3,7,9-11,16H,1,4-6H2,2H3,(H,14,17,18)/t9-,10+,11+/m0/s1/i5D/t5-,9+,10-,11-/m1. The molecule has 1 saturated heterocycles. The van der Waals surface area contributed by atoms with Crippen LogP contribution in [0.4, 0.5) is 0 Å². The smallest absolute Gasteiger partial charge is 0.330 e. The lowest BCUT2D eigenvalue weighted by Crippen LogP contribution is -2.33. The van der Waals surface area contributed by atoms with Crippen molar-refractivity contribution in [2.24, 2.45) is 0 Å². The van der Waals surface area contributed by atoms with Crippen LogP contribution in [0.25, 0.3) is 0 Å². The molecule has 0 bridgehead atoms. The topological polar surface area (TPSA) is 84.3 Å². The van der Waals surface area contributed by atoms with Crippen molar-refractivity contribution in [2.45, 2.75) is 44.6 Å². The van der Waals surface area contributed by atoms with Gasteiger partial charge in [0.1, 0.15) is 6.23 Å². The molecule has 1 aliphatic rings. The third kappa shape index (κ3) is 2.85. The Morgan fingerprint density at radius 3 is 3.16 bits per heavy atom. The predicted molar refractivity (Wildman–Crippen MR) is 70.0 cm³/mol. The molecule has 0 saturated carbocycles. The van der Waals surface area contributed by atoms with E-state index in [1.807, 2.05) is 0 Å². The quantitative estimate of drug-likeness (QED) is 0.776. The minimum absolute atomic E-state index is 0.211. The third-order valence-corrected chi connectivity index (χ3v) is 3.13. The minimum Gasteiger partial charge on any atom is -0.390 e. The number of ether oxygens (including phenoxy) is 1. The second-order valence-corrected chi connectivity index (χ2v) is 4.60. The molecule has 4 atom stereocenters. The molecule has 0 amide bonds. The first-order valence-electron chi connectivity index (χ1n) is 6.70. The van der Waals surface area contributed by atoms with Crippen LogP contribution >= 0.6 is 0 Å². The normalized spacial score (nSPS) is 28.9. The monoisotopic (exact) mass is 267 g/mol. The zero-order valence-electron chi connectivity index (χ0n) is 11.7. The minimum atomic E-state index is -0.818. The Kier molecular flexibility index (Phi) is 3.61. The Hall–Kier alpha value is -1.66. The number of nitrogens with zero attached hydrogens (tertiary/aromatic N) is 1. The van der Waals surface area contributed by atoms with Gasteiger partial charge in [0.15, 0.2) is 0 Å². The highest BCUT2D eigenvalue weighted by atomic mass is 16.5. The van der Waals surface area contributed by atoms with Crippen LogP contribution in [-0.4, -0.2) is 26.9 Å². The van der Waals surface area contributed by atoms with Crippen LogP contribution in [0.5, 0.6) is 0 Å². The summed E-state index contributed by atoms with van der Waals surface area (Å²) in [6.45, 7) is 5.14. The van der Waals surface area contributed by atoms with Crippen LogP contribution < -0.4 is 11.2 Å². The van der Waals surface area contributed by atoms with Gasteiger partial charge >= 0.3 is 5.69 Å². The first-order valence-corrected chi connectivity index (χ1v) is 6.12. The molecule has 2 rings (SSSR count). The maximum Gasteiger partial charge on any atom is 0.330 e. The summed E-state index contributed by atoms with van der Waals surface area (Å²) in [5, 5.41) is 9.97. The summed E-state index contributed by atoms with van der Waals surface area (Å²) in [5.74, 6) is 0. The van der Waals surface area contributed by atoms with Gasteiger partial charge in [-0.2, -0.15) is 0 Å². The Morgan fingerprint density at radius 2 is 2.47 bits per heavy atom. The zero-order chi connectivity index (χ0) is 14.9. The highest BCUT2D eigenvalue weighted by Crippen LogP contribution is 2.29. The number of hydrogen-bond donors (Lipinski definition) is 2. The third-order valence-electron chi connectivity index (χ3n) is 3.13. The Labute approximate surface area is 111 Å². The summed E-state index contributed by atoms with van der Waals surface area (Å²) < 4.78 is 14.7. The van der Waals surface area contributed by atoms with Crippen LogP contribution in [0.15, 0.2) is 28.4 Å². The van der Waals surface area contributed by atoms with Crippen molar-refractivity contribution in [3.8, 4) is 0 Å². The number of aromatic amines is 1. The van der Waals surface area contributed by atoms with Crippen LogP contribution in [-0.2, 0) is 4.74 Å². The largest absolute Gasteiger partial charge is 0.390 e. The van der Waals surface area contributed by atoms with E-state index in [1.54, 1.807) is 13.0 Å². The fourth-order valence-electron chi connectivity index (χ4n) is 2.09. The lowest BCUT2D eigenvalue weighted by molar-refractivity contribution is -0.0237. The van der Waals surface area contributed by atoms with Crippen molar-refractivity contribution in [3.63, 3.8) is 0 Å². The SMILES string of the molecule is [2H][C@H](CC=C)[C@H]1O[C@@H](n2cc(C)c(=O)[nH]c2=O)C[C@@H]1O. The molecule has 104 valence electrons. The lowest BCUT2D eigenvalue weighted by Gasteiger charge is -2.15.